The van der Waals surface area contributed by atoms with Crippen LogP contribution in [0.4, 0.5) is 11.6 Å². The molecule has 0 radical (unpaired) electrons. The maximum atomic E-state index is 13.4. The Morgan fingerprint density at radius 1 is 0.600 bits per heavy atom. The lowest BCUT2D eigenvalue weighted by Gasteiger charge is -2.19. The van der Waals surface area contributed by atoms with Crippen molar-refractivity contribution in [2.45, 2.75) is 67.2 Å². The van der Waals surface area contributed by atoms with E-state index < -0.39 is 20.0 Å². The molecule has 2 atom stereocenters. The quantitative estimate of drug-likeness (QED) is 0.160. The summed E-state index contributed by atoms with van der Waals surface area (Å²) in [4.78, 5) is 0.469. The van der Waals surface area contributed by atoms with Gasteiger partial charge >= 0.3 is 0 Å². The van der Waals surface area contributed by atoms with E-state index in [0.717, 1.165) is 44.9 Å². The molecule has 2 heterocycles. The second-order valence-electron chi connectivity index (χ2n) is 14.4. The Balaban J connectivity index is 0.000000156. The summed E-state index contributed by atoms with van der Waals surface area (Å²) in [5.41, 5.74) is 13.3. The molecule has 1 fully saturated rings. The van der Waals surface area contributed by atoms with Gasteiger partial charge in [-0.15, -0.1) is 10.2 Å². The molecule has 55 heavy (non-hydrogen) atoms. The fourth-order valence-electron chi connectivity index (χ4n) is 7.02. The van der Waals surface area contributed by atoms with Crippen LogP contribution in [0.2, 0.25) is 0 Å². The van der Waals surface area contributed by atoms with E-state index in [1.54, 1.807) is 36.4 Å². The summed E-state index contributed by atoms with van der Waals surface area (Å²) in [6.07, 6.45) is 11.4. The molecular weight excluding hydrogens is 729 g/mol. The first-order valence-corrected chi connectivity index (χ1v) is 21.2. The molecule has 0 aliphatic heterocycles. The second kappa shape index (κ2) is 14.5. The topological polar surface area (TPSA) is 142 Å². The van der Waals surface area contributed by atoms with Crippen LogP contribution in [0.25, 0.3) is 12.2 Å². The molecule has 2 unspecified atom stereocenters. The summed E-state index contributed by atoms with van der Waals surface area (Å²) in [5, 5.41) is 12.1. The number of aromatic nitrogens is 4. The fourth-order valence-corrected chi connectivity index (χ4v) is 9.69. The van der Waals surface area contributed by atoms with Crippen LogP contribution >= 0.6 is 0 Å². The van der Waals surface area contributed by atoms with Crippen LogP contribution < -0.4 is 11.1 Å². The summed E-state index contributed by atoms with van der Waals surface area (Å²) in [6.45, 7) is 3.86. The van der Waals surface area contributed by atoms with Crippen LogP contribution in [0, 0.1) is 13.8 Å². The summed E-state index contributed by atoms with van der Waals surface area (Å²) >= 11 is 0. The number of hydrogen-bond donors (Lipinski definition) is 2. The standard InChI is InChI=1S/C23H23N3O2S.C20H19N3O2S/c1-16-7-12-20(13-8-16)29(27,28)26-22-15-18(17-5-3-2-4-6-17)9-14-21(22)23(25-26)24-19-10-11-19;1-14-7-10-17(11-8-14)26(24,25)23-19-13-16(15-5-3-2-4-6-15)9-12-18(19)20(21)22-23/h2-9,12-14,18-19H,10-11,15H2,1H3,(H,24,25);2-12,16H,13H2,1H3,(H2,21,22). The molecule has 3 aliphatic rings. The van der Waals surface area contributed by atoms with Crippen LogP contribution in [0.3, 0.4) is 0 Å². The molecule has 0 amide bonds. The van der Waals surface area contributed by atoms with Gasteiger partial charge in [-0.05, 0) is 62.1 Å². The van der Waals surface area contributed by atoms with Gasteiger partial charge < -0.3 is 11.1 Å². The van der Waals surface area contributed by atoms with Gasteiger partial charge in [0.15, 0.2) is 11.6 Å². The Morgan fingerprint density at radius 2 is 1.04 bits per heavy atom. The molecular formula is C43H42N6O4S2. The number of anilines is 2. The zero-order chi connectivity index (χ0) is 38.3. The summed E-state index contributed by atoms with van der Waals surface area (Å²) in [7, 11) is -7.56. The molecule has 9 rings (SSSR count). The van der Waals surface area contributed by atoms with E-state index in [2.05, 4.69) is 39.8 Å². The van der Waals surface area contributed by atoms with E-state index in [4.69, 9.17) is 5.73 Å². The molecule has 0 spiro atoms. The van der Waals surface area contributed by atoms with Gasteiger partial charge in [0.2, 0.25) is 0 Å². The van der Waals surface area contributed by atoms with Crippen LogP contribution in [0.5, 0.6) is 0 Å². The van der Waals surface area contributed by atoms with E-state index >= 15 is 0 Å². The van der Waals surface area contributed by atoms with Crippen molar-refractivity contribution < 1.29 is 16.8 Å². The average Bonchev–Trinajstić information content (AvgIpc) is 3.86. The monoisotopic (exact) mass is 770 g/mol. The minimum atomic E-state index is -3.79. The van der Waals surface area contributed by atoms with Crippen LogP contribution in [-0.4, -0.2) is 41.2 Å². The Hall–Kier alpha value is -5.72. The zero-order valence-electron chi connectivity index (χ0n) is 30.6. The van der Waals surface area contributed by atoms with Crippen molar-refractivity contribution in [2.75, 3.05) is 11.1 Å². The largest absolute Gasteiger partial charge is 0.382 e. The maximum absolute atomic E-state index is 13.4. The lowest BCUT2D eigenvalue weighted by Crippen LogP contribution is -2.20. The molecule has 1 saturated carbocycles. The van der Waals surface area contributed by atoms with Gasteiger partial charge in [0.05, 0.1) is 21.2 Å². The van der Waals surface area contributed by atoms with E-state index in [1.807, 2.05) is 86.7 Å². The van der Waals surface area contributed by atoms with Crippen molar-refractivity contribution in [3.8, 4) is 0 Å². The number of nitrogen functional groups attached to an aromatic ring is 1. The molecule has 0 saturated heterocycles. The summed E-state index contributed by atoms with van der Waals surface area (Å²) in [6, 6.07) is 34.3. The first-order chi connectivity index (χ1) is 26.5. The van der Waals surface area contributed by atoms with E-state index in [-0.39, 0.29) is 27.4 Å². The van der Waals surface area contributed by atoms with Gasteiger partial charge in [0, 0.05) is 41.8 Å². The number of rotatable bonds is 8. The van der Waals surface area contributed by atoms with Crippen molar-refractivity contribution in [1.29, 1.82) is 0 Å². The Bertz CT molecular complexity index is 2630. The van der Waals surface area contributed by atoms with Crippen LogP contribution in [-0.2, 0) is 32.9 Å². The molecule has 6 aromatic rings. The minimum Gasteiger partial charge on any atom is -0.382 e. The lowest BCUT2D eigenvalue weighted by molar-refractivity contribution is 0.573. The number of aryl methyl sites for hydroxylation is 2. The lowest BCUT2D eigenvalue weighted by atomic mass is 9.88. The number of nitrogens with two attached hydrogens (primary N) is 1. The Kier molecular flexibility index (Phi) is 9.56. The molecule has 4 aromatic carbocycles. The number of hydrogen-bond acceptors (Lipinski definition) is 8. The number of fused-ring (bicyclic) bond motifs is 2. The van der Waals surface area contributed by atoms with Crippen molar-refractivity contribution >= 4 is 43.8 Å². The highest BCUT2D eigenvalue weighted by Crippen LogP contribution is 2.38. The zero-order valence-corrected chi connectivity index (χ0v) is 32.2. The molecule has 3 aliphatic carbocycles. The minimum absolute atomic E-state index is 0.0896. The van der Waals surface area contributed by atoms with Crippen molar-refractivity contribution in [3.05, 3.63) is 166 Å². The number of nitrogens with zero attached hydrogens (tertiary/aromatic N) is 4. The van der Waals surface area contributed by atoms with Gasteiger partial charge in [-0.1, -0.05) is 120 Å². The van der Waals surface area contributed by atoms with Gasteiger partial charge in [-0.25, -0.2) is 0 Å². The first-order valence-electron chi connectivity index (χ1n) is 18.4. The number of allylic oxidation sites excluding steroid dienone is 2. The molecule has 2 aromatic heterocycles. The average molecular weight is 771 g/mol. The molecule has 10 nitrogen and oxygen atoms in total. The number of benzene rings is 4. The number of nitrogens with one attached hydrogen (secondary N) is 1. The third kappa shape index (κ3) is 7.27. The summed E-state index contributed by atoms with van der Waals surface area (Å²) in [5.74, 6) is 1.12. The molecule has 3 N–H and O–H groups in total. The van der Waals surface area contributed by atoms with Crippen LogP contribution in [0.15, 0.2) is 131 Å². The highest BCUT2D eigenvalue weighted by molar-refractivity contribution is 7.90. The molecule has 0 bridgehead atoms. The highest BCUT2D eigenvalue weighted by Gasteiger charge is 2.33. The Morgan fingerprint density at radius 3 is 1.51 bits per heavy atom. The SMILES string of the molecule is Cc1ccc(S(=O)(=O)n2nc(N)c3c2CC(c2ccccc2)C=C3)cc1.Cc1ccc(S(=O)(=O)n2nc(NC3CC3)c3c2CC(c2ccccc2)C=C3)cc1. The third-order valence-corrected chi connectivity index (χ3v) is 13.5. The predicted molar refractivity (Wildman–Crippen MR) is 217 cm³/mol. The van der Waals surface area contributed by atoms with Crippen molar-refractivity contribution in [1.82, 2.24) is 18.4 Å². The molecule has 12 heteroatoms. The van der Waals surface area contributed by atoms with Gasteiger partial charge in [-0.3, -0.25) is 0 Å². The van der Waals surface area contributed by atoms with Gasteiger partial charge in [0.25, 0.3) is 20.0 Å². The maximum Gasteiger partial charge on any atom is 0.283 e. The van der Waals surface area contributed by atoms with E-state index in [0.29, 0.717) is 36.0 Å². The van der Waals surface area contributed by atoms with Gasteiger partial charge in [0.1, 0.15) is 0 Å². The van der Waals surface area contributed by atoms with Crippen LogP contribution in [0.1, 0.15) is 69.4 Å². The van der Waals surface area contributed by atoms with E-state index in [1.165, 1.54) is 9.65 Å². The predicted octanol–water partition coefficient (Wildman–Crippen LogP) is 7.72. The van der Waals surface area contributed by atoms with Crippen molar-refractivity contribution in [2.24, 2.45) is 0 Å². The first kappa shape index (κ1) is 36.3. The van der Waals surface area contributed by atoms with Gasteiger partial charge in [-0.2, -0.15) is 25.0 Å². The summed E-state index contributed by atoms with van der Waals surface area (Å²) < 4.78 is 55.4. The normalized spacial score (nSPS) is 17.5. The smallest absolute Gasteiger partial charge is 0.283 e. The third-order valence-electron chi connectivity index (χ3n) is 10.3. The second-order valence-corrected chi connectivity index (χ2v) is 17.9. The van der Waals surface area contributed by atoms with E-state index in [9.17, 15) is 16.8 Å². The van der Waals surface area contributed by atoms with Crippen molar-refractivity contribution in [3.63, 3.8) is 0 Å². The fraction of sp³-hybridized carbons (Fsp3) is 0.209. The molecule has 280 valence electrons. The Labute approximate surface area is 322 Å². The highest BCUT2D eigenvalue weighted by atomic mass is 32.2.